The lowest BCUT2D eigenvalue weighted by Crippen LogP contribution is -2.02. The van der Waals surface area contributed by atoms with Gasteiger partial charge in [0.25, 0.3) is 5.69 Å². The highest BCUT2D eigenvalue weighted by molar-refractivity contribution is 9.10. The Hall–Kier alpha value is -1.43. The molecule has 1 aromatic carbocycles. The van der Waals surface area contributed by atoms with Gasteiger partial charge >= 0.3 is 5.97 Å². The summed E-state index contributed by atoms with van der Waals surface area (Å²) in [5.41, 5.74) is 0.739. The average molecular weight is 288 g/mol. The average Bonchev–Trinajstić information content (AvgIpc) is 2.27. The van der Waals surface area contributed by atoms with Gasteiger partial charge in [0.15, 0.2) is 0 Å². The highest BCUT2D eigenvalue weighted by Crippen LogP contribution is 2.26. The first-order chi connectivity index (χ1) is 7.54. The van der Waals surface area contributed by atoms with Gasteiger partial charge in [-0.15, -0.1) is 0 Å². The van der Waals surface area contributed by atoms with Crippen LogP contribution in [0.15, 0.2) is 22.7 Å². The predicted octanol–water partition coefficient (Wildman–Crippen LogP) is 2.46. The number of halogens is 1. The molecule has 0 unspecified atom stereocenters. The fourth-order valence-electron chi connectivity index (χ4n) is 1.20. The van der Waals surface area contributed by atoms with Crippen LogP contribution < -0.4 is 0 Å². The second-order valence-corrected chi connectivity index (χ2v) is 3.97. The number of rotatable bonds is 4. The van der Waals surface area contributed by atoms with Crippen LogP contribution in [0.2, 0.25) is 0 Å². The molecule has 6 heteroatoms. The van der Waals surface area contributed by atoms with Crippen molar-refractivity contribution in [3.8, 4) is 0 Å². The molecule has 0 spiro atoms. The van der Waals surface area contributed by atoms with Gasteiger partial charge in [0.2, 0.25) is 0 Å². The van der Waals surface area contributed by atoms with Crippen LogP contribution >= 0.6 is 15.9 Å². The summed E-state index contributed by atoms with van der Waals surface area (Å²) in [5.74, 6) is -0.328. The second-order valence-electron chi connectivity index (χ2n) is 3.12. The van der Waals surface area contributed by atoms with Crippen molar-refractivity contribution >= 4 is 27.6 Å². The Kier molecular flexibility index (Phi) is 4.42. The number of benzene rings is 1. The quantitative estimate of drug-likeness (QED) is 0.485. The van der Waals surface area contributed by atoms with Crippen molar-refractivity contribution in [3.05, 3.63) is 38.3 Å². The van der Waals surface area contributed by atoms with Gasteiger partial charge in [0.1, 0.15) is 0 Å². The summed E-state index contributed by atoms with van der Waals surface area (Å²) in [7, 11) is 1.31. The molecule has 0 amide bonds. The van der Waals surface area contributed by atoms with Gasteiger partial charge in [0.05, 0.1) is 16.5 Å². The number of hydrogen-bond acceptors (Lipinski definition) is 4. The summed E-state index contributed by atoms with van der Waals surface area (Å²) >= 11 is 3.09. The van der Waals surface area contributed by atoms with Crippen molar-refractivity contribution in [2.75, 3.05) is 7.11 Å². The number of ether oxygens (including phenoxy) is 1. The predicted molar refractivity (Wildman–Crippen MR) is 61.1 cm³/mol. The normalized spacial score (nSPS) is 9.88. The molecule has 0 aliphatic carbocycles. The monoisotopic (exact) mass is 287 g/mol. The Balaban J connectivity index is 2.79. The third-order valence-electron chi connectivity index (χ3n) is 2.05. The van der Waals surface area contributed by atoms with Crippen LogP contribution in [0, 0.1) is 10.1 Å². The van der Waals surface area contributed by atoms with E-state index >= 15 is 0 Å². The molecule has 0 heterocycles. The molecule has 0 aliphatic heterocycles. The van der Waals surface area contributed by atoms with Gasteiger partial charge < -0.3 is 4.74 Å². The van der Waals surface area contributed by atoms with Gasteiger partial charge in [-0.05, 0) is 34.0 Å². The van der Waals surface area contributed by atoms with E-state index < -0.39 is 4.92 Å². The minimum Gasteiger partial charge on any atom is -0.469 e. The zero-order chi connectivity index (χ0) is 12.1. The van der Waals surface area contributed by atoms with E-state index in [-0.39, 0.29) is 18.1 Å². The molecule has 1 aromatic rings. The van der Waals surface area contributed by atoms with E-state index in [9.17, 15) is 14.9 Å². The SMILES string of the molecule is COC(=O)CCc1ccc(Br)c([N+](=O)[O-])c1. The lowest BCUT2D eigenvalue weighted by molar-refractivity contribution is -0.385. The first-order valence-electron chi connectivity index (χ1n) is 4.54. The summed E-state index contributed by atoms with van der Waals surface area (Å²) in [6.45, 7) is 0. The number of methoxy groups -OCH3 is 1. The van der Waals surface area contributed by atoms with Crippen LogP contribution in [0.1, 0.15) is 12.0 Å². The maximum absolute atomic E-state index is 10.9. The Morgan fingerprint density at radius 1 is 1.56 bits per heavy atom. The van der Waals surface area contributed by atoms with Gasteiger partial charge in [0, 0.05) is 12.5 Å². The van der Waals surface area contributed by atoms with E-state index in [4.69, 9.17) is 0 Å². The minimum absolute atomic E-state index is 0.00219. The third kappa shape index (κ3) is 3.30. The maximum atomic E-state index is 10.9. The van der Waals surface area contributed by atoms with Gasteiger partial charge in [-0.3, -0.25) is 14.9 Å². The Morgan fingerprint density at radius 3 is 2.81 bits per heavy atom. The number of nitro groups is 1. The Bertz CT molecular complexity index is 419. The number of nitro benzene ring substituents is 1. The molecule has 5 nitrogen and oxygen atoms in total. The summed E-state index contributed by atoms with van der Waals surface area (Å²) in [6.07, 6.45) is 0.649. The largest absolute Gasteiger partial charge is 0.469 e. The van der Waals surface area contributed by atoms with E-state index in [0.29, 0.717) is 10.9 Å². The van der Waals surface area contributed by atoms with Crippen molar-refractivity contribution < 1.29 is 14.5 Å². The van der Waals surface area contributed by atoms with Crippen LogP contribution in [0.3, 0.4) is 0 Å². The van der Waals surface area contributed by atoms with Crippen molar-refractivity contribution in [2.45, 2.75) is 12.8 Å². The molecule has 0 bridgehead atoms. The molecule has 86 valence electrons. The molecule has 0 aliphatic rings. The maximum Gasteiger partial charge on any atom is 0.305 e. The van der Waals surface area contributed by atoms with Gasteiger partial charge in [-0.1, -0.05) is 6.07 Å². The van der Waals surface area contributed by atoms with E-state index in [0.717, 1.165) is 5.56 Å². The third-order valence-corrected chi connectivity index (χ3v) is 2.72. The highest BCUT2D eigenvalue weighted by Gasteiger charge is 2.12. The number of nitrogens with zero attached hydrogens (tertiary/aromatic N) is 1. The van der Waals surface area contributed by atoms with E-state index in [1.54, 1.807) is 12.1 Å². The zero-order valence-corrected chi connectivity index (χ0v) is 10.2. The number of esters is 1. The van der Waals surface area contributed by atoms with Crippen LogP contribution in [0.5, 0.6) is 0 Å². The summed E-state index contributed by atoms with van der Waals surface area (Å²) in [5, 5.41) is 10.7. The molecule has 0 saturated carbocycles. The van der Waals surface area contributed by atoms with Crippen molar-refractivity contribution in [3.63, 3.8) is 0 Å². The zero-order valence-electron chi connectivity index (χ0n) is 8.60. The number of aryl methyl sites for hydroxylation is 1. The number of carbonyl (C=O) groups is 1. The summed E-state index contributed by atoms with van der Waals surface area (Å²) in [6, 6.07) is 4.79. The first-order valence-corrected chi connectivity index (χ1v) is 5.33. The van der Waals surface area contributed by atoms with Gasteiger partial charge in [-0.2, -0.15) is 0 Å². The number of hydrogen-bond donors (Lipinski definition) is 0. The van der Waals surface area contributed by atoms with Crippen LogP contribution in [0.25, 0.3) is 0 Å². The topological polar surface area (TPSA) is 69.4 Å². The molecular weight excluding hydrogens is 278 g/mol. The lowest BCUT2D eigenvalue weighted by atomic mass is 10.1. The highest BCUT2D eigenvalue weighted by atomic mass is 79.9. The molecule has 1 rings (SSSR count). The molecule has 0 fully saturated rings. The van der Waals surface area contributed by atoms with Crippen molar-refractivity contribution in [1.82, 2.24) is 0 Å². The fraction of sp³-hybridized carbons (Fsp3) is 0.300. The van der Waals surface area contributed by atoms with Crippen LogP contribution in [-0.2, 0) is 16.0 Å². The second kappa shape index (κ2) is 5.60. The van der Waals surface area contributed by atoms with E-state index in [1.807, 2.05) is 0 Å². The van der Waals surface area contributed by atoms with Crippen molar-refractivity contribution in [2.24, 2.45) is 0 Å². The molecule has 0 saturated heterocycles. The van der Waals surface area contributed by atoms with Gasteiger partial charge in [-0.25, -0.2) is 0 Å². The Labute approximate surface area is 101 Å². The standard InChI is InChI=1S/C10H10BrNO4/c1-16-10(13)5-3-7-2-4-8(11)9(6-7)12(14)15/h2,4,6H,3,5H2,1H3. The first kappa shape index (κ1) is 12.6. The molecular formula is C10H10BrNO4. The molecule has 0 radical (unpaired) electrons. The van der Waals surface area contributed by atoms with Crippen LogP contribution in [0.4, 0.5) is 5.69 Å². The van der Waals surface area contributed by atoms with Crippen molar-refractivity contribution in [1.29, 1.82) is 0 Å². The van der Waals surface area contributed by atoms with Crippen LogP contribution in [-0.4, -0.2) is 18.0 Å². The Morgan fingerprint density at radius 2 is 2.25 bits per heavy atom. The molecule has 0 aromatic heterocycles. The van der Waals surface area contributed by atoms with E-state index in [1.165, 1.54) is 13.2 Å². The molecule has 0 N–H and O–H groups in total. The molecule has 0 atom stereocenters. The lowest BCUT2D eigenvalue weighted by Gasteiger charge is -2.01. The minimum atomic E-state index is -0.467. The number of carbonyl (C=O) groups excluding carboxylic acids is 1. The van der Waals surface area contributed by atoms with E-state index in [2.05, 4.69) is 20.7 Å². The summed E-state index contributed by atoms with van der Waals surface area (Å²) < 4.78 is 4.92. The fourth-order valence-corrected chi connectivity index (χ4v) is 1.59. The summed E-state index contributed by atoms with van der Waals surface area (Å²) in [4.78, 5) is 21.1. The molecule has 16 heavy (non-hydrogen) atoms. The smallest absolute Gasteiger partial charge is 0.305 e.